The van der Waals surface area contributed by atoms with Crippen LogP contribution in [0.5, 0.6) is 0 Å². The molecule has 0 unspecified atom stereocenters. The largest absolute Gasteiger partial charge is 0.443 e. The highest BCUT2D eigenvalue weighted by molar-refractivity contribution is 5.91. The fourth-order valence-electron chi connectivity index (χ4n) is 4.04. The van der Waals surface area contributed by atoms with Crippen molar-refractivity contribution in [3.8, 4) is 5.69 Å². The number of aromatic amines is 1. The quantitative estimate of drug-likeness (QED) is 0.382. The molecule has 1 aromatic heterocycles. The molecule has 1 amide bonds. The normalized spacial score (nSPS) is 11.5. The van der Waals surface area contributed by atoms with Crippen LogP contribution in [0.3, 0.4) is 0 Å². The Bertz CT molecular complexity index is 1590. The Morgan fingerprint density at radius 3 is 2.24 bits per heavy atom. The Morgan fingerprint density at radius 2 is 1.65 bits per heavy atom. The topological polar surface area (TPSA) is 110 Å². The molecule has 1 heterocycles. The number of nitrogens with zero attached hydrogens (tertiary/aromatic N) is 2. The molecule has 0 aliphatic carbocycles. The van der Waals surface area contributed by atoms with Crippen LogP contribution in [0.2, 0.25) is 0 Å². The van der Waals surface area contributed by atoms with E-state index in [1.807, 2.05) is 13.8 Å². The number of ether oxygens (including phenoxy) is 1. The molecular formula is C28H29FN4O4. The molecule has 0 saturated carbocycles. The second-order valence-corrected chi connectivity index (χ2v) is 9.99. The average molecular weight is 505 g/mol. The number of rotatable bonds is 4. The fourth-order valence-corrected chi connectivity index (χ4v) is 4.04. The summed E-state index contributed by atoms with van der Waals surface area (Å²) in [6.07, 6.45) is -0.625. The molecule has 0 aliphatic heterocycles. The number of aromatic nitrogens is 2. The zero-order valence-corrected chi connectivity index (χ0v) is 21.4. The molecule has 9 heteroatoms. The Morgan fingerprint density at radius 1 is 1.03 bits per heavy atom. The summed E-state index contributed by atoms with van der Waals surface area (Å²) >= 11 is 0. The third-order valence-electron chi connectivity index (χ3n) is 5.90. The lowest BCUT2D eigenvalue weighted by Gasteiger charge is -2.27. The first-order chi connectivity index (χ1) is 17.3. The SMILES string of the molecule is Cc1cc(-n2c(=O)[nH]c3cc(N(Cc4ccc(F)cc4)C(=O)OC(C)(C)C)ccc3c2=O)cc(C)c1N. The highest BCUT2D eigenvalue weighted by Gasteiger charge is 2.24. The van der Waals surface area contributed by atoms with Crippen LogP contribution in [0.4, 0.5) is 20.6 Å². The highest BCUT2D eigenvalue weighted by Crippen LogP contribution is 2.25. The molecule has 4 aromatic rings. The lowest BCUT2D eigenvalue weighted by Crippen LogP contribution is -2.37. The van der Waals surface area contributed by atoms with Crippen LogP contribution < -0.4 is 21.9 Å². The van der Waals surface area contributed by atoms with Crippen LogP contribution in [-0.4, -0.2) is 21.2 Å². The Labute approximate surface area is 213 Å². The Hall–Kier alpha value is -4.40. The van der Waals surface area contributed by atoms with E-state index >= 15 is 0 Å². The molecule has 0 radical (unpaired) electrons. The standard InChI is InChI=1S/C28H29FN4O4/c1-16-12-21(13-17(2)24(16)30)33-25(34)22-11-10-20(14-23(22)31-26(33)35)32(27(36)37-28(3,4)5)15-18-6-8-19(29)9-7-18/h6-14H,15,30H2,1-5H3,(H,31,35). The summed E-state index contributed by atoms with van der Waals surface area (Å²) in [7, 11) is 0. The van der Waals surface area contributed by atoms with Gasteiger partial charge in [0.15, 0.2) is 0 Å². The monoisotopic (exact) mass is 504 g/mol. The van der Waals surface area contributed by atoms with Gasteiger partial charge in [-0.2, -0.15) is 0 Å². The second kappa shape index (κ2) is 9.57. The van der Waals surface area contributed by atoms with E-state index in [0.717, 1.165) is 15.7 Å². The van der Waals surface area contributed by atoms with Crippen molar-refractivity contribution < 1.29 is 13.9 Å². The predicted molar refractivity (Wildman–Crippen MR) is 143 cm³/mol. The van der Waals surface area contributed by atoms with Gasteiger partial charge >= 0.3 is 11.8 Å². The van der Waals surface area contributed by atoms with E-state index in [1.54, 1.807) is 63.2 Å². The van der Waals surface area contributed by atoms with E-state index < -0.39 is 28.8 Å². The third-order valence-corrected chi connectivity index (χ3v) is 5.90. The van der Waals surface area contributed by atoms with Gasteiger partial charge in [-0.3, -0.25) is 9.69 Å². The summed E-state index contributed by atoms with van der Waals surface area (Å²) in [6.45, 7) is 8.97. The fraction of sp³-hybridized carbons (Fsp3) is 0.250. The van der Waals surface area contributed by atoms with Crippen molar-refractivity contribution in [1.29, 1.82) is 0 Å². The lowest BCUT2D eigenvalue weighted by molar-refractivity contribution is 0.0577. The first kappa shape index (κ1) is 25.7. The van der Waals surface area contributed by atoms with Crippen molar-refractivity contribution >= 4 is 28.4 Å². The van der Waals surface area contributed by atoms with Crippen LogP contribution in [0, 0.1) is 19.7 Å². The number of aryl methyl sites for hydroxylation is 2. The number of carbonyl (C=O) groups excluding carboxylic acids is 1. The van der Waals surface area contributed by atoms with E-state index in [2.05, 4.69) is 4.98 Å². The Kier molecular flexibility index (Phi) is 6.64. The molecule has 0 spiro atoms. The summed E-state index contributed by atoms with van der Waals surface area (Å²) < 4.78 is 20.1. The molecule has 4 rings (SSSR count). The number of halogens is 1. The highest BCUT2D eigenvalue weighted by atomic mass is 19.1. The molecule has 3 aromatic carbocycles. The molecule has 0 atom stereocenters. The summed E-state index contributed by atoms with van der Waals surface area (Å²) in [5.74, 6) is -0.390. The third kappa shape index (κ3) is 5.40. The van der Waals surface area contributed by atoms with E-state index in [1.165, 1.54) is 17.0 Å². The number of amides is 1. The Balaban J connectivity index is 1.82. The minimum Gasteiger partial charge on any atom is -0.443 e. The number of benzene rings is 3. The van der Waals surface area contributed by atoms with E-state index in [4.69, 9.17) is 10.5 Å². The van der Waals surface area contributed by atoms with Crippen LogP contribution in [0.15, 0.2) is 64.2 Å². The van der Waals surface area contributed by atoms with Gasteiger partial charge in [0.25, 0.3) is 5.56 Å². The van der Waals surface area contributed by atoms with Crippen molar-refractivity contribution in [3.05, 3.63) is 97.9 Å². The van der Waals surface area contributed by atoms with Crippen LogP contribution in [0.25, 0.3) is 16.6 Å². The molecule has 0 aliphatic rings. The molecule has 0 saturated heterocycles. The van der Waals surface area contributed by atoms with Gasteiger partial charge in [-0.1, -0.05) is 12.1 Å². The number of hydrogen-bond donors (Lipinski definition) is 2. The van der Waals surface area contributed by atoms with Crippen molar-refractivity contribution in [1.82, 2.24) is 9.55 Å². The lowest BCUT2D eigenvalue weighted by atomic mass is 10.1. The molecule has 37 heavy (non-hydrogen) atoms. The van der Waals surface area contributed by atoms with Gasteiger partial charge in [-0.25, -0.2) is 18.5 Å². The van der Waals surface area contributed by atoms with Gasteiger partial charge in [0.2, 0.25) is 0 Å². The van der Waals surface area contributed by atoms with Crippen LogP contribution in [0.1, 0.15) is 37.5 Å². The smallest absolute Gasteiger partial charge is 0.415 e. The van der Waals surface area contributed by atoms with E-state index in [-0.39, 0.29) is 17.4 Å². The number of fused-ring (bicyclic) bond motifs is 1. The summed E-state index contributed by atoms with van der Waals surface area (Å²) in [6, 6.07) is 13.9. The van der Waals surface area contributed by atoms with Crippen LogP contribution >= 0.6 is 0 Å². The first-order valence-electron chi connectivity index (χ1n) is 11.8. The first-order valence-corrected chi connectivity index (χ1v) is 11.8. The maximum absolute atomic E-state index is 13.4. The van der Waals surface area contributed by atoms with Crippen molar-refractivity contribution in [2.24, 2.45) is 0 Å². The summed E-state index contributed by atoms with van der Waals surface area (Å²) in [5, 5.41) is 0.265. The molecular weight excluding hydrogens is 475 g/mol. The van der Waals surface area contributed by atoms with E-state index in [9.17, 15) is 18.8 Å². The van der Waals surface area contributed by atoms with Gasteiger partial charge in [0.1, 0.15) is 11.4 Å². The maximum Gasteiger partial charge on any atom is 0.415 e. The number of hydrogen-bond acceptors (Lipinski definition) is 5. The molecule has 0 fully saturated rings. The summed E-state index contributed by atoms with van der Waals surface area (Å²) in [5.41, 5.74) is 8.00. The second-order valence-electron chi connectivity index (χ2n) is 9.99. The number of nitrogens with one attached hydrogen (secondary N) is 1. The number of anilines is 2. The minimum absolute atomic E-state index is 0.0893. The van der Waals surface area contributed by atoms with Crippen LogP contribution in [-0.2, 0) is 11.3 Å². The van der Waals surface area contributed by atoms with E-state index in [0.29, 0.717) is 22.6 Å². The van der Waals surface area contributed by atoms with Crippen molar-refractivity contribution in [3.63, 3.8) is 0 Å². The van der Waals surface area contributed by atoms with Crippen molar-refractivity contribution in [2.45, 2.75) is 46.8 Å². The molecule has 192 valence electrons. The van der Waals surface area contributed by atoms with Gasteiger partial charge < -0.3 is 15.5 Å². The zero-order valence-electron chi connectivity index (χ0n) is 21.4. The summed E-state index contributed by atoms with van der Waals surface area (Å²) in [4.78, 5) is 43.6. The minimum atomic E-state index is -0.758. The van der Waals surface area contributed by atoms with Gasteiger partial charge in [0.05, 0.1) is 23.1 Å². The van der Waals surface area contributed by atoms with Gasteiger partial charge in [-0.05, 0) is 93.8 Å². The number of nitrogens with two attached hydrogens (primary N) is 1. The number of nitrogen functional groups attached to an aromatic ring is 1. The number of H-pyrrole nitrogens is 1. The maximum atomic E-state index is 13.4. The zero-order chi connectivity index (χ0) is 27.1. The number of carbonyl (C=O) groups is 1. The molecule has 0 bridgehead atoms. The van der Waals surface area contributed by atoms with Gasteiger partial charge in [0, 0.05) is 11.4 Å². The molecule has 8 nitrogen and oxygen atoms in total. The van der Waals surface area contributed by atoms with Crippen molar-refractivity contribution in [2.75, 3.05) is 10.6 Å². The average Bonchev–Trinajstić information content (AvgIpc) is 2.80. The molecule has 3 N–H and O–H groups in total. The predicted octanol–water partition coefficient (Wildman–Crippen LogP) is 4.96. The van der Waals surface area contributed by atoms with Gasteiger partial charge in [-0.15, -0.1) is 0 Å².